The molecule has 1 heterocycles. The first kappa shape index (κ1) is 30.0. The molecule has 9 atom stereocenters. The van der Waals surface area contributed by atoms with Crippen LogP contribution in [0, 0.1) is 35.5 Å². The quantitative estimate of drug-likeness (QED) is 0.372. The molecule has 40 heavy (non-hydrogen) atoms. The largest absolute Gasteiger partial charge is 0.390 e. The van der Waals surface area contributed by atoms with E-state index in [9.17, 15) is 19.1 Å². The lowest BCUT2D eigenvalue weighted by Gasteiger charge is -2.63. The Balaban J connectivity index is 1.60. The SMILES string of the molecule is CC[C@@H]1C[C@H]2[C@@H]3C[C@H](F)C4=CC(=O)C=C[C@]4(C)[C@@]3(F)[C@@H](O)C[C@]2(C)[C@@]1(ON(C)Cc1ccc(C)s1)C(=O)SCF. The molecular formula is C30H38F3NO4S2. The third kappa shape index (κ3) is 4.07. The molecule has 5 rings (SSSR count). The predicted octanol–water partition coefficient (Wildman–Crippen LogP) is 6.30. The van der Waals surface area contributed by atoms with E-state index < -0.39 is 69.0 Å². The van der Waals surface area contributed by atoms with Crippen LogP contribution >= 0.6 is 23.1 Å². The number of ketones is 1. The second-order valence-corrected chi connectivity index (χ2v) is 14.6. The second-order valence-electron chi connectivity index (χ2n) is 12.4. The number of rotatable bonds is 7. The van der Waals surface area contributed by atoms with Crippen molar-refractivity contribution >= 4 is 34.0 Å². The Hall–Kier alpha value is -1.46. The number of carbonyl (C=O) groups excluding carboxylic acids is 2. The number of thiophene rings is 1. The summed E-state index contributed by atoms with van der Waals surface area (Å²) in [6, 6.07) is 3.05. The first-order chi connectivity index (χ1) is 18.8. The van der Waals surface area contributed by atoms with Gasteiger partial charge in [-0.25, -0.2) is 13.2 Å². The molecule has 0 amide bonds. The first-order valence-electron chi connectivity index (χ1n) is 13.9. The summed E-state index contributed by atoms with van der Waals surface area (Å²) in [6.45, 7) is 7.71. The summed E-state index contributed by atoms with van der Waals surface area (Å²) in [5, 5.41) is 12.8. The molecule has 0 spiro atoms. The molecule has 1 aromatic rings. The zero-order chi connectivity index (χ0) is 29.3. The molecule has 0 saturated heterocycles. The van der Waals surface area contributed by atoms with E-state index in [1.807, 2.05) is 32.9 Å². The number of alkyl halides is 3. The Bertz CT molecular complexity index is 1250. The number of hydrogen-bond acceptors (Lipinski definition) is 7. The number of aliphatic hydroxyl groups is 1. The van der Waals surface area contributed by atoms with Crippen molar-refractivity contribution in [1.82, 2.24) is 5.06 Å². The summed E-state index contributed by atoms with van der Waals surface area (Å²) >= 11 is 2.15. The third-order valence-corrected chi connectivity index (χ3v) is 12.1. The highest BCUT2D eigenvalue weighted by molar-refractivity contribution is 8.13. The van der Waals surface area contributed by atoms with E-state index in [0.717, 1.165) is 9.75 Å². The zero-order valence-electron chi connectivity index (χ0n) is 23.6. The molecule has 4 aliphatic carbocycles. The van der Waals surface area contributed by atoms with Gasteiger partial charge in [-0.05, 0) is 81.2 Å². The molecule has 3 saturated carbocycles. The fraction of sp³-hybridized carbons (Fsp3) is 0.667. The van der Waals surface area contributed by atoms with E-state index in [4.69, 9.17) is 4.84 Å². The Morgan fingerprint density at radius 3 is 2.62 bits per heavy atom. The molecule has 0 aliphatic heterocycles. The molecule has 10 heteroatoms. The molecule has 0 bridgehead atoms. The van der Waals surface area contributed by atoms with Crippen molar-refractivity contribution in [3.63, 3.8) is 0 Å². The van der Waals surface area contributed by atoms with Gasteiger partial charge in [0.1, 0.15) is 12.2 Å². The van der Waals surface area contributed by atoms with Gasteiger partial charge in [0, 0.05) is 33.5 Å². The van der Waals surface area contributed by atoms with Crippen molar-refractivity contribution < 1.29 is 32.7 Å². The topological polar surface area (TPSA) is 66.8 Å². The van der Waals surface area contributed by atoms with Crippen molar-refractivity contribution in [1.29, 1.82) is 0 Å². The Labute approximate surface area is 242 Å². The number of hydroxylamine groups is 2. The van der Waals surface area contributed by atoms with Crippen LogP contribution < -0.4 is 0 Å². The van der Waals surface area contributed by atoms with Crippen molar-refractivity contribution in [2.24, 2.45) is 28.6 Å². The smallest absolute Gasteiger partial charge is 0.226 e. The number of carbonyl (C=O) groups is 2. The van der Waals surface area contributed by atoms with E-state index >= 15 is 8.78 Å². The number of fused-ring (bicyclic) bond motifs is 5. The summed E-state index contributed by atoms with van der Waals surface area (Å²) in [6.07, 6.45) is 1.25. The van der Waals surface area contributed by atoms with Gasteiger partial charge < -0.3 is 5.11 Å². The minimum absolute atomic E-state index is 0.0593. The second kappa shape index (κ2) is 10.4. The lowest BCUT2D eigenvalue weighted by atomic mass is 9.44. The van der Waals surface area contributed by atoms with Crippen molar-refractivity contribution in [3.05, 3.63) is 45.7 Å². The number of allylic oxidation sites excluding steroid dienone is 4. The molecule has 1 aromatic heterocycles. The summed E-state index contributed by atoms with van der Waals surface area (Å²) in [5.41, 5.74) is -6.35. The van der Waals surface area contributed by atoms with Gasteiger partial charge in [-0.1, -0.05) is 31.7 Å². The van der Waals surface area contributed by atoms with E-state index in [0.29, 0.717) is 31.1 Å². The van der Waals surface area contributed by atoms with Crippen LogP contribution in [0.25, 0.3) is 0 Å². The van der Waals surface area contributed by atoms with Gasteiger partial charge in [-0.3, -0.25) is 14.4 Å². The van der Waals surface area contributed by atoms with Gasteiger partial charge in [0.05, 0.1) is 12.6 Å². The Morgan fingerprint density at radius 1 is 1.27 bits per heavy atom. The minimum Gasteiger partial charge on any atom is -0.390 e. The van der Waals surface area contributed by atoms with E-state index in [-0.39, 0.29) is 18.4 Å². The summed E-state index contributed by atoms with van der Waals surface area (Å²) in [4.78, 5) is 34.9. The molecule has 4 aliphatic rings. The van der Waals surface area contributed by atoms with Crippen LogP contribution in [0.15, 0.2) is 35.9 Å². The van der Waals surface area contributed by atoms with Gasteiger partial charge in [-0.15, -0.1) is 11.3 Å². The van der Waals surface area contributed by atoms with Crippen LogP contribution in [-0.4, -0.2) is 57.7 Å². The van der Waals surface area contributed by atoms with E-state index in [2.05, 4.69) is 0 Å². The summed E-state index contributed by atoms with van der Waals surface area (Å²) in [7, 11) is 1.73. The average molecular weight is 598 g/mol. The van der Waals surface area contributed by atoms with E-state index in [1.54, 1.807) is 30.4 Å². The Kier molecular flexibility index (Phi) is 7.78. The molecule has 220 valence electrons. The molecule has 0 unspecified atom stereocenters. The lowest BCUT2D eigenvalue weighted by Crippen LogP contribution is -2.71. The monoisotopic (exact) mass is 597 g/mol. The number of nitrogens with zero attached hydrogens (tertiary/aromatic N) is 1. The van der Waals surface area contributed by atoms with Gasteiger partial charge in [0.15, 0.2) is 17.1 Å². The predicted molar refractivity (Wildman–Crippen MR) is 151 cm³/mol. The fourth-order valence-corrected chi connectivity index (χ4v) is 10.3. The van der Waals surface area contributed by atoms with Crippen LogP contribution in [0.1, 0.15) is 56.2 Å². The van der Waals surface area contributed by atoms with Gasteiger partial charge in [0.2, 0.25) is 5.12 Å². The highest BCUT2D eigenvalue weighted by Crippen LogP contribution is 2.72. The van der Waals surface area contributed by atoms with E-state index in [1.165, 1.54) is 18.2 Å². The van der Waals surface area contributed by atoms with Crippen LogP contribution in [0.5, 0.6) is 0 Å². The maximum Gasteiger partial charge on any atom is 0.226 e. The number of aliphatic hydroxyl groups excluding tert-OH is 1. The van der Waals surface area contributed by atoms with Gasteiger partial charge >= 0.3 is 0 Å². The van der Waals surface area contributed by atoms with Crippen LogP contribution in [0.4, 0.5) is 13.2 Å². The molecule has 0 aromatic carbocycles. The highest BCUT2D eigenvalue weighted by Gasteiger charge is 2.78. The zero-order valence-corrected chi connectivity index (χ0v) is 25.2. The van der Waals surface area contributed by atoms with Crippen LogP contribution in [-0.2, 0) is 21.0 Å². The third-order valence-electron chi connectivity index (χ3n) is 10.4. The number of thioether (sulfide) groups is 1. The average Bonchev–Trinajstić information content (AvgIpc) is 3.40. The molecule has 1 N–H and O–H groups in total. The normalized spacial score (nSPS) is 42.4. The minimum atomic E-state index is -2.26. The fourth-order valence-electron chi connectivity index (χ4n) is 8.65. The highest BCUT2D eigenvalue weighted by atomic mass is 32.2. The molecule has 3 fully saturated rings. The number of aryl methyl sites for hydroxylation is 1. The molecule has 5 nitrogen and oxygen atoms in total. The van der Waals surface area contributed by atoms with Crippen LogP contribution in [0.2, 0.25) is 0 Å². The molecular weight excluding hydrogens is 559 g/mol. The summed E-state index contributed by atoms with van der Waals surface area (Å²) in [5.74, 6) is -2.26. The maximum atomic E-state index is 17.6. The number of halogens is 3. The van der Waals surface area contributed by atoms with Gasteiger partial charge in [0.25, 0.3) is 0 Å². The Morgan fingerprint density at radius 2 is 2.00 bits per heavy atom. The standard InChI is InChI=1S/C30H38F3NO4S2/c1-6-18-11-21-22-13-24(32)23-12-19(35)9-10-27(23,3)29(22,33)25(36)14-28(21,4)30(18,26(37)39-16-31)38-34(5)15-20-8-7-17(2)40-20/h7-10,12,18,21-22,24-25,36H,6,11,13-16H2,1-5H3/t18-,21+,22+,24+,25+,27+,28+,29+,30+/m1/s1. The van der Waals surface area contributed by atoms with Crippen molar-refractivity contribution in [2.45, 2.75) is 83.5 Å². The summed E-state index contributed by atoms with van der Waals surface area (Å²) < 4.78 is 47.2. The van der Waals surface area contributed by atoms with Crippen molar-refractivity contribution in [2.75, 3.05) is 13.1 Å². The first-order valence-corrected chi connectivity index (χ1v) is 15.7. The lowest BCUT2D eigenvalue weighted by molar-refractivity contribution is -0.292. The van der Waals surface area contributed by atoms with Gasteiger partial charge in [-0.2, -0.15) is 5.06 Å². The van der Waals surface area contributed by atoms with Crippen molar-refractivity contribution in [3.8, 4) is 0 Å². The molecule has 0 radical (unpaired) electrons. The maximum absolute atomic E-state index is 17.6. The number of hydrogen-bond donors (Lipinski definition) is 1. The van der Waals surface area contributed by atoms with Crippen LogP contribution in [0.3, 0.4) is 0 Å².